The Morgan fingerprint density at radius 2 is 1.89 bits per heavy atom. The van der Waals surface area contributed by atoms with Crippen LogP contribution >= 0.6 is 23.2 Å². The number of rotatable bonds is 6. The molecule has 0 unspecified atom stereocenters. The van der Waals surface area contributed by atoms with Crippen LogP contribution in [-0.4, -0.2) is 33.9 Å². The number of benzene rings is 2. The third-order valence-corrected chi connectivity index (χ3v) is 4.85. The first-order valence-electron chi connectivity index (χ1n) is 8.82. The highest BCUT2D eigenvalue weighted by Gasteiger charge is 2.13. The number of likely N-dealkylation sites (N-methyl/N-ethyl adjacent to an activating group) is 1. The van der Waals surface area contributed by atoms with E-state index < -0.39 is 0 Å². The van der Waals surface area contributed by atoms with Crippen LogP contribution in [0.25, 0.3) is 10.9 Å². The maximum absolute atomic E-state index is 12.5. The van der Waals surface area contributed by atoms with E-state index in [0.29, 0.717) is 45.5 Å². The molecule has 146 valence electrons. The van der Waals surface area contributed by atoms with Gasteiger partial charge in [-0.2, -0.15) is 0 Å². The van der Waals surface area contributed by atoms with Gasteiger partial charge in [0.25, 0.3) is 5.56 Å². The molecule has 0 saturated carbocycles. The van der Waals surface area contributed by atoms with Crippen LogP contribution in [0.5, 0.6) is 0 Å². The molecule has 3 rings (SSSR count). The average Bonchev–Trinajstić information content (AvgIpc) is 2.63. The lowest BCUT2D eigenvalue weighted by atomic mass is 10.2. The standard InChI is InChI=1S/C20H20Cl2N4O2/c1-3-26(11-19(27)24-16-8-13(21)5-4-12(16)2)10-18-23-17-9-14(22)6-7-15(17)20(28)25-18/h4-9H,3,10-11H2,1-2H3,(H,24,27)(H,23,25,28). The first kappa shape index (κ1) is 20.3. The first-order valence-corrected chi connectivity index (χ1v) is 9.58. The summed E-state index contributed by atoms with van der Waals surface area (Å²) in [7, 11) is 0. The number of hydrogen-bond donors (Lipinski definition) is 2. The molecule has 28 heavy (non-hydrogen) atoms. The number of aromatic amines is 1. The minimum atomic E-state index is -0.230. The van der Waals surface area contributed by atoms with Crippen LogP contribution in [0, 0.1) is 6.92 Å². The number of hydrogen-bond acceptors (Lipinski definition) is 4. The molecule has 0 fully saturated rings. The molecular formula is C20H20Cl2N4O2. The molecule has 1 heterocycles. The van der Waals surface area contributed by atoms with Crippen molar-refractivity contribution in [1.82, 2.24) is 14.9 Å². The summed E-state index contributed by atoms with van der Waals surface area (Å²) < 4.78 is 0. The maximum Gasteiger partial charge on any atom is 0.258 e. The molecule has 2 aromatic carbocycles. The van der Waals surface area contributed by atoms with Gasteiger partial charge in [0, 0.05) is 15.7 Å². The van der Waals surface area contributed by atoms with Crippen molar-refractivity contribution in [3.63, 3.8) is 0 Å². The van der Waals surface area contributed by atoms with Crippen LogP contribution in [0.15, 0.2) is 41.2 Å². The van der Waals surface area contributed by atoms with Crippen LogP contribution in [0.3, 0.4) is 0 Å². The number of anilines is 1. The van der Waals surface area contributed by atoms with Gasteiger partial charge in [-0.05, 0) is 49.4 Å². The van der Waals surface area contributed by atoms with Gasteiger partial charge < -0.3 is 10.3 Å². The van der Waals surface area contributed by atoms with Crippen LogP contribution in [0.2, 0.25) is 10.0 Å². The van der Waals surface area contributed by atoms with E-state index in [9.17, 15) is 9.59 Å². The number of nitrogens with zero attached hydrogens (tertiary/aromatic N) is 2. The minimum absolute atomic E-state index is 0.153. The fourth-order valence-electron chi connectivity index (χ4n) is 2.85. The third-order valence-electron chi connectivity index (χ3n) is 4.38. The summed E-state index contributed by atoms with van der Waals surface area (Å²) in [5, 5.41) is 4.43. The zero-order chi connectivity index (χ0) is 20.3. The van der Waals surface area contributed by atoms with Gasteiger partial charge in [0.05, 0.1) is 24.0 Å². The molecule has 0 aliphatic rings. The lowest BCUT2D eigenvalue weighted by molar-refractivity contribution is -0.117. The Hall–Kier alpha value is -2.41. The Balaban J connectivity index is 1.73. The number of fused-ring (bicyclic) bond motifs is 1. The number of carbonyl (C=O) groups excluding carboxylic acids is 1. The van der Waals surface area contributed by atoms with Crippen molar-refractivity contribution >= 4 is 45.7 Å². The molecule has 0 bridgehead atoms. The topological polar surface area (TPSA) is 78.1 Å². The van der Waals surface area contributed by atoms with E-state index in [0.717, 1.165) is 5.56 Å². The first-order chi connectivity index (χ1) is 13.4. The second-order valence-electron chi connectivity index (χ2n) is 6.48. The lowest BCUT2D eigenvalue weighted by Gasteiger charge is -2.19. The number of H-pyrrole nitrogens is 1. The highest BCUT2D eigenvalue weighted by Crippen LogP contribution is 2.20. The van der Waals surface area contributed by atoms with E-state index in [-0.39, 0.29) is 18.0 Å². The van der Waals surface area contributed by atoms with Crippen molar-refractivity contribution in [2.24, 2.45) is 0 Å². The van der Waals surface area contributed by atoms with E-state index >= 15 is 0 Å². The molecule has 2 N–H and O–H groups in total. The summed E-state index contributed by atoms with van der Waals surface area (Å²) in [6.45, 7) is 4.93. The summed E-state index contributed by atoms with van der Waals surface area (Å²) in [4.78, 5) is 33.8. The van der Waals surface area contributed by atoms with Gasteiger partial charge >= 0.3 is 0 Å². The highest BCUT2D eigenvalue weighted by atomic mass is 35.5. The molecule has 0 aliphatic heterocycles. The van der Waals surface area contributed by atoms with Crippen molar-refractivity contribution in [3.05, 3.63) is 68.2 Å². The van der Waals surface area contributed by atoms with Crippen molar-refractivity contribution in [2.45, 2.75) is 20.4 Å². The van der Waals surface area contributed by atoms with Crippen LogP contribution < -0.4 is 10.9 Å². The van der Waals surface area contributed by atoms with Gasteiger partial charge in [0.2, 0.25) is 5.91 Å². The normalized spacial score (nSPS) is 11.2. The monoisotopic (exact) mass is 418 g/mol. The van der Waals surface area contributed by atoms with E-state index in [1.54, 1.807) is 30.3 Å². The SMILES string of the molecule is CCN(CC(=O)Nc1cc(Cl)ccc1C)Cc1nc2cc(Cl)ccc2c(=O)[nH]1. The Kier molecular flexibility index (Phi) is 6.34. The predicted molar refractivity (Wildman–Crippen MR) is 113 cm³/mol. The number of carbonyl (C=O) groups is 1. The number of aromatic nitrogens is 2. The molecule has 8 heteroatoms. The molecule has 0 spiro atoms. The lowest BCUT2D eigenvalue weighted by Crippen LogP contribution is -2.34. The quantitative estimate of drug-likeness (QED) is 0.633. The maximum atomic E-state index is 12.5. The zero-order valence-electron chi connectivity index (χ0n) is 15.6. The number of amides is 1. The van der Waals surface area contributed by atoms with Gasteiger partial charge in [-0.25, -0.2) is 4.98 Å². The molecule has 6 nitrogen and oxygen atoms in total. The summed E-state index contributed by atoms with van der Waals surface area (Å²) in [6, 6.07) is 10.3. The Bertz CT molecular complexity index is 1080. The number of nitrogens with one attached hydrogen (secondary N) is 2. The van der Waals surface area contributed by atoms with E-state index in [1.807, 2.05) is 24.8 Å². The van der Waals surface area contributed by atoms with Gasteiger partial charge in [-0.15, -0.1) is 0 Å². The van der Waals surface area contributed by atoms with E-state index in [2.05, 4.69) is 15.3 Å². The van der Waals surface area contributed by atoms with Gasteiger partial charge in [0.15, 0.2) is 0 Å². The summed E-state index contributed by atoms with van der Waals surface area (Å²) in [5.41, 5.74) is 1.91. The van der Waals surface area contributed by atoms with Crippen LogP contribution in [-0.2, 0) is 11.3 Å². The summed E-state index contributed by atoms with van der Waals surface area (Å²) in [6.07, 6.45) is 0. The molecule has 0 saturated heterocycles. The second kappa shape index (κ2) is 8.73. The van der Waals surface area contributed by atoms with Crippen molar-refractivity contribution < 1.29 is 4.79 Å². The molecule has 0 aliphatic carbocycles. The van der Waals surface area contributed by atoms with Gasteiger partial charge in [0.1, 0.15) is 5.82 Å². The van der Waals surface area contributed by atoms with Crippen molar-refractivity contribution in [2.75, 3.05) is 18.4 Å². The molecule has 1 amide bonds. The minimum Gasteiger partial charge on any atom is -0.325 e. The number of aryl methyl sites for hydroxylation is 1. The van der Waals surface area contributed by atoms with Gasteiger partial charge in [-0.3, -0.25) is 14.5 Å². The Morgan fingerprint density at radius 1 is 1.18 bits per heavy atom. The highest BCUT2D eigenvalue weighted by molar-refractivity contribution is 6.31. The second-order valence-corrected chi connectivity index (χ2v) is 7.36. The van der Waals surface area contributed by atoms with Crippen LogP contribution in [0.1, 0.15) is 18.3 Å². The van der Waals surface area contributed by atoms with Crippen molar-refractivity contribution in [1.29, 1.82) is 0 Å². The largest absolute Gasteiger partial charge is 0.325 e. The zero-order valence-corrected chi connectivity index (χ0v) is 17.1. The molecule has 3 aromatic rings. The van der Waals surface area contributed by atoms with E-state index in [1.165, 1.54) is 0 Å². The smallest absolute Gasteiger partial charge is 0.258 e. The molecule has 0 radical (unpaired) electrons. The molecule has 1 aromatic heterocycles. The fraction of sp³-hybridized carbons (Fsp3) is 0.250. The predicted octanol–water partition coefficient (Wildman–Crippen LogP) is 4.00. The summed E-state index contributed by atoms with van der Waals surface area (Å²) >= 11 is 12.0. The van der Waals surface area contributed by atoms with Crippen molar-refractivity contribution in [3.8, 4) is 0 Å². The average molecular weight is 419 g/mol. The third kappa shape index (κ3) is 4.90. The molecule has 0 atom stereocenters. The van der Waals surface area contributed by atoms with Gasteiger partial charge in [-0.1, -0.05) is 36.2 Å². The summed E-state index contributed by atoms with van der Waals surface area (Å²) in [5.74, 6) is 0.312. The number of halogens is 2. The van der Waals surface area contributed by atoms with Crippen LogP contribution in [0.4, 0.5) is 5.69 Å². The Morgan fingerprint density at radius 3 is 2.64 bits per heavy atom. The molecular weight excluding hydrogens is 399 g/mol. The Labute approximate surface area is 172 Å². The fourth-order valence-corrected chi connectivity index (χ4v) is 3.19. The van der Waals surface area contributed by atoms with E-state index in [4.69, 9.17) is 23.2 Å².